The number of rotatable bonds is 6. The van der Waals surface area contributed by atoms with Crippen LogP contribution in [0, 0.1) is 20.8 Å². The third-order valence-corrected chi connectivity index (χ3v) is 6.72. The second-order valence-electron chi connectivity index (χ2n) is 7.42. The molecule has 1 fully saturated rings. The predicted octanol–water partition coefficient (Wildman–Crippen LogP) is 1.55. The van der Waals surface area contributed by atoms with Crippen LogP contribution < -0.4 is 9.62 Å². The van der Waals surface area contributed by atoms with Gasteiger partial charge in [0.05, 0.1) is 30.7 Å². The highest BCUT2D eigenvalue weighted by Crippen LogP contribution is 2.20. The first-order valence-electron chi connectivity index (χ1n) is 9.42. The number of benzene rings is 2. The largest absolute Gasteiger partial charge is 0.370 e. The molecule has 1 aliphatic rings. The molecule has 27 heavy (non-hydrogen) atoms. The first-order valence-corrected chi connectivity index (χ1v) is 10.9. The van der Waals surface area contributed by atoms with E-state index < -0.39 is 10.0 Å². The summed E-state index contributed by atoms with van der Waals surface area (Å²) in [6.45, 7) is 9.78. The van der Waals surface area contributed by atoms with Crippen LogP contribution in [0.15, 0.2) is 47.4 Å². The predicted molar refractivity (Wildman–Crippen MR) is 107 cm³/mol. The standard InChI is InChI=1S/C21H28N2O3S/c1-16-4-7-19(8-5-16)20(15-23-10-12-26-13-11-23)22-27(24,25)21-9-6-17(2)14-18(21)3/h4-9,14,20,22H,10-13,15H2,1-3H3/p+1/t20-/m0/s1. The minimum absolute atomic E-state index is 0.274. The van der Waals surface area contributed by atoms with Crippen LogP contribution in [0.4, 0.5) is 0 Å². The van der Waals surface area contributed by atoms with E-state index in [0.29, 0.717) is 11.4 Å². The second-order valence-corrected chi connectivity index (χ2v) is 9.10. The quantitative estimate of drug-likeness (QED) is 0.788. The van der Waals surface area contributed by atoms with Crippen LogP contribution in [-0.2, 0) is 14.8 Å². The Balaban J connectivity index is 1.88. The molecule has 1 aliphatic heterocycles. The summed E-state index contributed by atoms with van der Waals surface area (Å²) in [6, 6.07) is 13.3. The number of hydrogen-bond acceptors (Lipinski definition) is 3. The molecule has 5 nitrogen and oxygen atoms in total. The molecule has 0 saturated carbocycles. The summed E-state index contributed by atoms with van der Waals surface area (Å²) in [5, 5.41) is 0. The Kier molecular flexibility index (Phi) is 6.32. The van der Waals surface area contributed by atoms with E-state index in [0.717, 1.165) is 48.6 Å². The number of aryl methyl sites for hydroxylation is 3. The van der Waals surface area contributed by atoms with Gasteiger partial charge in [0.1, 0.15) is 13.1 Å². The summed E-state index contributed by atoms with van der Waals surface area (Å²) in [7, 11) is -3.61. The molecular formula is C21H29N2O3S+. The van der Waals surface area contributed by atoms with Crippen molar-refractivity contribution in [1.82, 2.24) is 4.72 Å². The SMILES string of the molecule is Cc1ccc([C@H](C[NH+]2CCOCC2)NS(=O)(=O)c2ccc(C)cc2C)cc1. The number of nitrogens with one attached hydrogen (secondary N) is 2. The highest BCUT2D eigenvalue weighted by Gasteiger charge is 2.27. The zero-order valence-electron chi connectivity index (χ0n) is 16.3. The van der Waals surface area contributed by atoms with Crippen molar-refractivity contribution in [2.24, 2.45) is 0 Å². The molecule has 6 heteroatoms. The van der Waals surface area contributed by atoms with Gasteiger partial charge in [0.25, 0.3) is 0 Å². The van der Waals surface area contributed by atoms with Crippen LogP contribution in [0.25, 0.3) is 0 Å². The maximum Gasteiger partial charge on any atom is 0.241 e. The third-order valence-electron chi connectivity index (χ3n) is 5.09. The normalized spacial score (nSPS) is 17.0. The lowest BCUT2D eigenvalue weighted by molar-refractivity contribution is -0.909. The lowest BCUT2D eigenvalue weighted by atomic mass is 10.1. The Bertz CT molecular complexity index is 873. The summed E-state index contributed by atoms with van der Waals surface area (Å²) in [6.07, 6.45) is 0. The van der Waals surface area contributed by atoms with Crippen molar-refractivity contribution in [2.75, 3.05) is 32.8 Å². The Hall–Kier alpha value is -1.73. The van der Waals surface area contributed by atoms with Gasteiger partial charge in [-0.1, -0.05) is 47.5 Å². The van der Waals surface area contributed by atoms with Crippen molar-refractivity contribution < 1.29 is 18.1 Å². The second kappa shape index (κ2) is 8.52. The maximum atomic E-state index is 13.1. The molecule has 0 bridgehead atoms. The Morgan fingerprint density at radius 1 is 1.00 bits per heavy atom. The van der Waals surface area contributed by atoms with E-state index in [1.54, 1.807) is 6.07 Å². The fourth-order valence-corrected chi connectivity index (χ4v) is 4.98. The highest BCUT2D eigenvalue weighted by molar-refractivity contribution is 7.89. The molecule has 0 spiro atoms. The summed E-state index contributed by atoms with van der Waals surface area (Å²) in [5.74, 6) is 0. The number of morpholine rings is 1. The van der Waals surface area contributed by atoms with Crippen molar-refractivity contribution in [3.8, 4) is 0 Å². The molecule has 0 aliphatic carbocycles. The van der Waals surface area contributed by atoms with E-state index in [1.165, 1.54) is 4.90 Å². The average molecular weight is 390 g/mol. The molecular weight excluding hydrogens is 360 g/mol. The van der Waals surface area contributed by atoms with Gasteiger partial charge in [-0.05, 0) is 38.0 Å². The fraction of sp³-hybridized carbons (Fsp3) is 0.429. The molecule has 1 heterocycles. The summed E-state index contributed by atoms with van der Waals surface area (Å²) < 4.78 is 34.6. The lowest BCUT2D eigenvalue weighted by Gasteiger charge is -2.28. The van der Waals surface area contributed by atoms with Crippen LogP contribution in [0.3, 0.4) is 0 Å². The lowest BCUT2D eigenvalue weighted by Crippen LogP contribution is -3.14. The molecule has 2 aromatic rings. The monoisotopic (exact) mass is 389 g/mol. The summed E-state index contributed by atoms with van der Waals surface area (Å²) in [4.78, 5) is 1.71. The van der Waals surface area contributed by atoms with E-state index >= 15 is 0 Å². The molecule has 0 unspecified atom stereocenters. The van der Waals surface area contributed by atoms with E-state index in [-0.39, 0.29) is 6.04 Å². The van der Waals surface area contributed by atoms with Crippen LogP contribution >= 0.6 is 0 Å². The number of ether oxygens (including phenoxy) is 1. The van der Waals surface area contributed by atoms with E-state index in [1.807, 2.05) is 57.2 Å². The molecule has 3 rings (SSSR count). The van der Waals surface area contributed by atoms with Gasteiger partial charge < -0.3 is 9.64 Å². The van der Waals surface area contributed by atoms with Gasteiger partial charge in [0.15, 0.2) is 0 Å². The first kappa shape index (κ1) is 20.0. The van der Waals surface area contributed by atoms with Gasteiger partial charge in [-0.2, -0.15) is 4.72 Å². The third kappa shape index (κ3) is 5.17. The maximum absolute atomic E-state index is 13.1. The minimum atomic E-state index is -3.61. The molecule has 2 N–H and O–H groups in total. The summed E-state index contributed by atoms with van der Waals surface area (Å²) >= 11 is 0. The topological polar surface area (TPSA) is 59.8 Å². The molecule has 146 valence electrons. The highest BCUT2D eigenvalue weighted by atomic mass is 32.2. The molecule has 1 atom stereocenters. The van der Waals surface area contributed by atoms with Crippen molar-refractivity contribution >= 4 is 10.0 Å². The van der Waals surface area contributed by atoms with E-state index in [9.17, 15) is 8.42 Å². The average Bonchev–Trinajstić information content (AvgIpc) is 2.62. The summed E-state index contributed by atoms with van der Waals surface area (Å²) in [5.41, 5.74) is 3.98. The van der Waals surface area contributed by atoms with Gasteiger partial charge in [0, 0.05) is 0 Å². The van der Waals surface area contributed by atoms with Crippen molar-refractivity contribution in [3.05, 3.63) is 64.7 Å². The Labute approximate surface area is 162 Å². The van der Waals surface area contributed by atoms with Crippen LogP contribution in [0.5, 0.6) is 0 Å². The molecule has 2 aromatic carbocycles. The number of hydrogen-bond donors (Lipinski definition) is 2. The van der Waals surface area contributed by atoms with Crippen molar-refractivity contribution in [3.63, 3.8) is 0 Å². The number of quaternary nitrogens is 1. The van der Waals surface area contributed by atoms with Gasteiger partial charge in [-0.25, -0.2) is 8.42 Å². The zero-order valence-corrected chi connectivity index (χ0v) is 17.1. The van der Waals surface area contributed by atoms with Gasteiger partial charge in [-0.3, -0.25) is 0 Å². The molecule has 1 saturated heterocycles. The van der Waals surface area contributed by atoms with Crippen LogP contribution in [-0.4, -0.2) is 41.3 Å². The fourth-order valence-electron chi connectivity index (χ4n) is 3.53. The zero-order chi connectivity index (χ0) is 19.4. The molecule has 0 aromatic heterocycles. The Morgan fingerprint density at radius 2 is 1.63 bits per heavy atom. The van der Waals surface area contributed by atoms with Crippen LogP contribution in [0.2, 0.25) is 0 Å². The smallest absolute Gasteiger partial charge is 0.241 e. The van der Waals surface area contributed by atoms with Crippen molar-refractivity contribution in [1.29, 1.82) is 0 Å². The minimum Gasteiger partial charge on any atom is -0.370 e. The Morgan fingerprint density at radius 3 is 2.26 bits per heavy atom. The first-order chi connectivity index (χ1) is 12.8. The van der Waals surface area contributed by atoms with Crippen LogP contribution in [0.1, 0.15) is 28.3 Å². The van der Waals surface area contributed by atoms with Gasteiger partial charge in [-0.15, -0.1) is 0 Å². The van der Waals surface area contributed by atoms with Gasteiger partial charge in [0.2, 0.25) is 10.0 Å². The van der Waals surface area contributed by atoms with Gasteiger partial charge >= 0.3 is 0 Å². The van der Waals surface area contributed by atoms with E-state index in [4.69, 9.17) is 4.74 Å². The van der Waals surface area contributed by atoms with Crippen molar-refractivity contribution in [2.45, 2.75) is 31.7 Å². The number of sulfonamides is 1. The molecule has 0 radical (unpaired) electrons. The molecule has 0 amide bonds. The van der Waals surface area contributed by atoms with E-state index in [2.05, 4.69) is 4.72 Å².